The van der Waals surface area contributed by atoms with Gasteiger partial charge in [-0.05, 0) is 46.5 Å². The van der Waals surface area contributed by atoms with Crippen LogP contribution in [0.5, 0.6) is 23.0 Å². The summed E-state index contributed by atoms with van der Waals surface area (Å²) < 4.78 is 61.8. The number of hydrogen-bond donors (Lipinski definition) is 0. The van der Waals surface area contributed by atoms with E-state index < -0.39 is 0 Å². The van der Waals surface area contributed by atoms with Crippen molar-refractivity contribution in [3.63, 3.8) is 0 Å². The number of nitrogens with zero attached hydrogens (tertiary/aromatic N) is 2. The van der Waals surface area contributed by atoms with Crippen molar-refractivity contribution in [1.29, 1.82) is 0 Å². The molecule has 0 fully saturated rings. The molecule has 7 rings (SSSR count). The van der Waals surface area contributed by atoms with E-state index in [1.54, 1.807) is 0 Å². The fourth-order valence-corrected chi connectivity index (χ4v) is 6.57. The van der Waals surface area contributed by atoms with Crippen LogP contribution in [0.25, 0.3) is 24.3 Å². The molecule has 0 atom stereocenters. The van der Waals surface area contributed by atoms with Crippen LogP contribution in [0, 0.1) is 0 Å². The van der Waals surface area contributed by atoms with Gasteiger partial charge >= 0.3 is 0 Å². The quantitative estimate of drug-likeness (QED) is 0.165. The van der Waals surface area contributed by atoms with E-state index in [0.29, 0.717) is 129 Å². The van der Waals surface area contributed by atoms with Crippen LogP contribution in [0.15, 0.2) is 110 Å². The van der Waals surface area contributed by atoms with Gasteiger partial charge in [0, 0.05) is 35.4 Å². The Hall–Kier alpha value is -5.60. The predicted octanol–water partition coefficient (Wildman–Crippen LogP) is 6.34. The van der Waals surface area contributed by atoms with Crippen molar-refractivity contribution >= 4 is 24.3 Å². The molecule has 2 aliphatic heterocycles. The summed E-state index contributed by atoms with van der Waals surface area (Å²) in [5.74, 6) is 2.74. The summed E-state index contributed by atoms with van der Waals surface area (Å²) in [6, 6.07) is 29.2. The minimum Gasteiger partial charge on any atom is -0.487 e. The van der Waals surface area contributed by atoms with Gasteiger partial charge in [-0.3, -0.25) is 0 Å². The summed E-state index contributed by atoms with van der Waals surface area (Å²) >= 11 is 0. The molecular formula is C50H58N2O10+2. The van der Waals surface area contributed by atoms with E-state index in [0.717, 1.165) is 35.3 Å². The van der Waals surface area contributed by atoms with Crippen LogP contribution in [-0.2, 0) is 41.5 Å². The first-order chi connectivity index (χ1) is 30.7. The molecule has 2 aliphatic rings. The molecule has 3 aromatic carbocycles. The zero-order valence-electron chi connectivity index (χ0n) is 35.4. The van der Waals surface area contributed by atoms with E-state index in [9.17, 15) is 0 Å². The highest BCUT2D eigenvalue weighted by Gasteiger charge is 2.11. The number of ether oxygens (including phenoxy) is 10. The average molecular weight is 847 g/mol. The maximum atomic E-state index is 6.04. The van der Waals surface area contributed by atoms with Crippen LogP contribution in [0.2, 0.25) is 0 Å². The zero-order valence-corrected chi connectivity index (χ0v) is 35.4. The monoisotopic (exact) mass is 846 g/mol. The normalized spacial score (nSPS) is 16.8. The Morgan fingerprint density at radius 1 is 0.306 bits per heavy atom. The molecule has 0 saturated carbocycles. The molecule has 12 nitrogen and oxygen atoms in total. The summed E-state index contributed by atoms with van der Waals surface area (Å²) in [4.78, 5) is 0. The summed E-state index contributed by atoms with van der Waals surface area (Å²) in [5.41, 5.74) is 6.71. The average Bonchev–Trinajstić information content (AvgIpc) is 3.32. The van der Waals surface area contributed by atoms with Crippen LogP contribution in [0.4, 0.5) is 0 Å². The van der Waals surface area contributed by atoms with E-state index in [1.165, 1.54) is 11.1 Å². The summed E-state index contributed by atoms with van der Waals surface area (Å²) in [6.07, 6.45) is 16.8. The molecule has 0 aliphatic carbocycles. The third kappa shape index (κ3) is 15.4. The van der Waals surface area contributed by atoms with Gasteiger partial charge in [-0.25, -0.2) is 9.13 Å². The third-order valence-corrected chi connectivity index (χ3v) is 9.89. The molecule has 4 heterocycles. The van der Waals surface area contributed by atoms with Gasteiger partial charge in [0.2, 0.25) is 0 Å². The highest BCUT2D eigenvalue weighted by Crippen LogP contribution is 2.30. The number of benzene rings is 3. The molecule has 0 radical (unpaired) electrons. The second-order valence-electron chi connectivity index (χ2n) is 14.6. The third-order valence-electron chi connectivity index (χ3n) is 9.89. The summed E-state index contributed by atoms with van der Waals surface area (Å²) in [6.45, 7) is 9.43. The van der Waals surface area contributed by atoms with Gasteiger partial charge in [0.25, 0.3) is 0 Å². The molecule has 0 N–H and O–H groups in total. The Labute approximate surface area is 364 Å². The fourth-order valence-electron chi connectivity index (χ4n) is 6.57. The molecule has 0 unspecified atom stereocenters. The van der Waals surface area contributed by atoms with Gasteiger partial charge in [-0.1, -0.05) is 60.7 Å². The van der Waals surface area contributed by atoms with Crippen molar-refractivity contribution in [2.75, 3.05) is 106 Å². The lowest BCUT2D eigenvalue weighted by atomic mass is 10.1. The van der Waals surface area contributed by atoms with Crippen molar-refractivity contribution in [2.24, 2.45) is 0 Å². The van der Waals surface area contributed by atoms with Gasteiger partial charge in [0.15, 0.2) is 60.9 Å². The highest BCUT2D eigenvalue weighted by molar-refractivity contribution is 5.71. The Kier molecular flexibility index (Phi) is 18.2. The maximum Gasteiger partial charge on any atom is 0.173 e. The van der Waals surface area contributed by atoms with Crippen molar-refractivity contribution < 1.29 is 56.5 Å². The smallest absolute Gasteiger partial charge is 0.173 e. The number of pyridine rings is 2. The van der Waals surface area contributed by atoms with Gasteiger partial charge in [0.1, 0.15) is 26.4 Å². The first-order valence-corrected chi connectivity index (χ1v) is 21.4. The summed E-state index contributed by atoms with van der Waals surface area (Å²) in [7, 11) is 0. The van der Waals surface area contributed by atoms with Gasteiger partial charge in [0.05, 0.1) is 79.3 Å². The topological polar surface area (TPSA) is 100 Å². The fraction of sp³-hybridized carbons (Fsp3) is 0.360. The maximum absolute atomic E-state index is 6.04. The number of hydrogen-bond acceptors (Lipinski definition) is 10. The molecule has 0 saturated heterocycles. The van der Waals surface area contributed by atoms with Crippen molar-refractivity contribution in [3.8, 4) is 23.0 Å². The number of aromatic nitrogens is 2. The van der Waals surface area contributed by atoms with Gasteiger partial charge < -0.3 is 47.4 Å². The molecule has 12 heteroatoms. The molecule has 0 spiro atoms. The molecular weight excluding hydrogens is 789 g/mol. The van der Waals surface area contributed by atoms with Crippen LogP contribution in [0.3, 0.4) is 0 Å². The molecule has 62 heavy (non-hydrogen) atoms. The van der Waals surface area contributed by atoms with E-state index in [1.807, 2.05) is 36.4 Å². The summed E-state index contributed by atoms with van der Waals surface area (Å²) in [5, 5.41) is 0. The Morgan fingerprint density at radius 2 is 0.597 bits per heavy atom. The van der Waals surface area contributed by atoms with Gasteiger partial charge in [-0.2, -0.15) is 0 Å². The minimum atomic E-state index is 0.422. The second-order valence-corrected chi connectivity index (χ2v) is 14.6. The zero-order chi connectivity index (χ0) is 42.3. The van der Waals surface area contributed by atoms with E-state index in [4.69, 9.17) is 47.4 Å². The standard InChI is InChI=1S/C50H58N2O10/c1(3-43-9-11-47-49(37-43)61-35-31-57-27-23-53-21-25-55-29-33-59-47)41-13-17-51(18-14-41)39-45-5-7-46(8-6-45)40-52-19-15-42(16-20-52)2-4-44-10-12-48-50(38-44)62-36-32-58-28-24-54-22-26-56-30-34-60-48/h1-20,37-38H,21-36,39-40H2/q+2/b3-1+,4-2+. The lowest BCUT2D eigenvalue weighted by Gasteiger charge is -2.13. The number of rotatable bonds is 8. The first kappa shape index (κ1) is 44.5. The number of fused-ring (bicyclic) bond motifs is 2. The van der Waals surface area contributed by atoms with Crippen molar-refractivity contribution in [1.82, 2.24) is 0 Å². The lowest BCUT2D eigenvalue weighted by molar-refractivity contribution is -0.689. The van der Waals surface area contributed by atoms with E-state index in [2.05, 4.69) is 107 Å². The van der Waals surface area contributed by atoms with Crippen molar-refractivity contribution in [3.05, 3.63) is 143 Å². The van der Waals surface area contributed by atoms with E-state index >= 15 is 0 Å². The van der Waals surface area contributed by atoms with Crippen LogP contribution in [0.1, 0.15) is 33.4 Å². The van der Waals surface area contributed by atoms with Crippen molar-refractivity contribution in [2.45, 2.75) is 13.1 Å². The largest absolute Gasteiger partial charge is 0.487 e. The highest BCUT2D eigenvalue weighted by atomic mass is 16.6. The SMILES string of the molecule is C(=C\c1ccc2c(c1)OCCOCCOCCOCCO2)/c1cc[n+](Cc2ccc(C[n+]3ccc(/C=C/c4ccc5c(c4)OCCOCCOCCOCCO5)cc3)cc2)cc1. The lowest BCUT2D eigenvalue weighted by Crippen LogP contribution is -2.34. The second kappa shape index (κ2) is 25.4. The predicted molar refractivity (Wildman–Crippen MR) is 236 cm³/mol. The molecule has 0 amide bonds. The van der Waals surface area contributed by atoms with Gasteiger partial charge in [-0.15, -0.1) is 0 Å². The Bertz CT molecular complexity index is 1970. The van der Waals surface area contributed by atoms with Crippen LogP contribution >= 0.6 is 0 Å². The van der Waals surface area contributed by atoms with Crippen LogP contribution < -0.4 is 28.1 Å². The van der Waals surface area contributed by atoms with Crippen LogP contribution in [-0.4, -0.2) is 106 Å². The molecule has 2 aromatic heterocycles. The molecule has 0 bridgehead atoms. The first-order valence-electron chi connectivity index (χ1n) is 21.4. The Balaban J connectivity index is 0.880. The Morgan fingerprint density at radius 3 is 0.935 bits per heavy atom. The van der Waals surface area contributed by atoms with E-state index in [-0.39, 0.29) is 0 Å². The molecule has 326 valence electrons. The molecule has 5 aromatic rings. The minimum absolute atomic E-state index is 0.422.